The van der Waals surface area contributed by atoms with Gasteiger partial charge in [-0.15, -0.1) is 0 Å². The van der Waals surface area contributed by atoms with Gasteiger partial charge in [-0.25, -0.2) is 4.98 Å². The van der Waals surface area contributed by atoms with Gasteiger partial charge in [0.2, 0.25) is 0 Å². The molecule has 0 amide bonds. The first kappa shape index (κ1) is 13.1. The fourth-order valence-corrected chi connectivity index (χ4v) is 2.09. The fourth-order valence-electron chi connectivity index (χ4n) is 1.17. The molecule has 1 rings (SSSR count). The molecule has 0 unspecified atom stereocenters. The second kappa shape index (κ2) is 6.59. The summed E-state index contributed by atoms with van der Waals surface area (Å²) in [5, 5.41) is 1.13. The summed E-state index contributed by atoms with van der Waals surface area (Å²) in [6.07, 6.45) is 3.84. The number of pyridine rings is 1. The van der Waals surface area contributed by atoms with Crippen LogP contribution in [0.15, 0.2) is 12.3 Å². The molecule has 1 aromatic rings. The van der Waals surface area contributed by atoms with Crippen LogP contribution in [0, 0.1) is 0 Å². The summed E-state index contributed by atoms with van der Waals surface area (Å²) >= 11 is 13.6. The third-order valence-electron chi connectivity index (χ3n) is 2.01. The van der Waals surface area contributed by atoms with Crippen molar-refractivity contribution in [2.24, 2.45) is 0 Å². The molecule has 0 saturated carbocycles. The quantitative estimate of drug-likeness (QED) is 0.761. The van der Waals surface area contributed by atoms with Gasteiger partial charge in [-0.05, 0) is 19.4 Å². The van der Waals surface area contributed by atoms with Gasteiger partial charge in [0, 0.05) is 35.6 Å². The van der Waals surface area contributed by atoms with Crippen molar-refractivity contribution in [2.45, 2.75) is 6.54 Å². The van der Waals surface area contributed by atoms with Gasteiger partial charge < -0.3 is 4.90 Å². The van der Waals surface area contributed by atoms with Gasteiger partial charge in [0.05, 0.1) is 0 Å². The Morgan fingerprint density at radius 2 is 2.20 bits per heavy atom. The van der Waals surface area contributed by atoms with Crippen molar-refractivity contribution in [1.82, 2.24) is 9.88 Å². The van der Waals surface area contributed by atoms with Crippen LogP contribution in [0.5, 0.6) is 0 Å². The van der Waals surface area contributed by atoms with Gasteiger partial charge in [-0.1, -0.05) is 23.2 Å². The van der Waals surface area contributed by atoms with Crippen LogP contribution >= 0.6 is 35.0 Å². The predicted molar refractivity (Wildman–Crippen MR) is 69.0 cm³/mol. The SMILES string of the molecule is CSCCN(C)Cc1cnc(Cl)cc1Cl. The summed E-state index contributed by atoms with van der Waals surface area (Å²) < 4.78 is 0. The third kappa shape index (κ3) is 4.60. The minimum Gasteiger partial charge on any atom is -0.301 e. The normalized spacial score (nSPS) is 11.0. The zero-order chi connectivity index (χ0) is 11.3. The van der Waals surface area contributed by atoms with Crippen LogP contribution in [-0.2, 0) is 6.54 Å². The standard InChI is InChI=1S/C10H14Cl2N2S/c1-14(3-4-15-2)7-8-6-13-10(12)5-9(8)11/h5-6H,3-4,7H2,1-2H3. The molecule has 0 aliphatic carbocycles. The van der Waals surface area contributed by atoms with Crippen molar-refractivity contribution < 1.29 is 0 Å². The van der Waals surface area contributed by atoms with E-state index in [1.54, 1.807) is 12.3 Å². The average Bonchev–Trinajstić information content (AvgIpc) is 2.19. The van der Waals surface area contributed by atoms with Gasteiger partial charge in [0.15, 0.2) is 0 Å². The molecular weight excluding hydrogens is 251 g/mol. The maximum Gasteiger partial charge on any atom is 0.130 e. The highest BCUT2D eigenvalue weighted by Crippen LogP contribution is 2.19. The maximum absolute atomic E-state index is 6.05. The Labute approximate surface area is 105 Å². The highest BCUT2D eigenvalue weighted by Gasteiger charge is 2.05. The van der Waals surface area contributed by atoms with Gasteiger partial charge >= 0.3 is 0 Å². The lowest BCUT2D eigenvalue weighted by Gasteiger charge is -2.16. The summed E-state index contributed by atoms with van der Waals surface area (Å²) in [5.41, 5.74) is 1.02. The van der Waals surface area contributed by atoms with Crippen molar-refractivity contribution >= 4 is 35.0 Å². The zero-order valence-electron chi connectivity index (χ0n) is 8.83. The van der Waals surface area contributed by atoms with Crippen LogP contribution in [0.1, 0.15) is 5.56 Å². The molecule has 0 fully saturated rings. The molecule has 84 valence electrons. The highest BCUT2D eigenvalue weighted by atomic mass is 35.5. The molecule has 0 aliphatic heterocycles. The summed E-state index contributed by atoms with van der Waals surface area (Å²) in [6, 6.07) is 1.68. The van der Waals surface area contributed by atoms with E-state index in [1.807, 2.05) is 11.8 Å². The summed E-state index contributed by atoms with van der Waals surface area (Å²) in [6.45, 7) is 1.85. The van der Waals surface area contributed by atoms with Crippen molar-refractivity contribution in [3.8, 4) is 0 Å². The minimum atomic E-state index is 0.440. The first-order chi connectivity index (χ1) is 7.13. The number of nitrogens with zero attached hydrogens (tertiary/aromatic N) is 2. The van der Waals surface area contributed by atoms with Gasteiger partial charge in [0.25, 0.3) is 0 Å². The number of thioether (sulfide) groups is 1. The van der Waals surface area contributed by atoms with Crippen molar-refractivity contribution in [1.29, 1.82) is 0 Å². The Hall–Kier alpha value is 0.0400. The predicted octanol–water partition coefficient (Wildman–Crippen LogP) is 3.18. The fraction of sp³-hybridized carbons (Fsp3) is 0.500. The first-order valence-electron chi connectivity index (χ1n) is 4.61. The molecule has 2 nitrogen and oxygen atoms in total. The molecule has 0 atom stereocenters. The maximum atomic E-state index is 6.05. The van der Waals surface area contributed by atoms with Crippen molar-refractivity contribution in [3.63, 3.8) is 0 Å². The number of halogens is 2. The van der Waals surface area contributed by atoms with E-state index in [-0.39, 0.29) is 0 Å². The van der Waals surface area contributed by atoms with E-state index in [0.29, 0.717) is 10.2 Å². The number of rotatable bonds is 5. The van der Waals surface area contributed by atoms with Gasteiger partial charge in [0.1, 0.15) is 5.15 Å². The lowest BCUT2D eigenvalue weighted by Crippen LogP contribution is -2.20. The van der Waals surface area contributed by atoms with Crippen LogP contribution in [-0.4, -0.2) is 35.5 Å². The first-order valence-corrected chi connectivity index (χ1v) is 6.76. The van der Waals surface area contributed by atoms with Gasteiger partial charge in [-0.2, -0.15) is 11.8 Å². The second-order valence-corrected chi connectivity index (χ2v) is 5.11. The molecule has 0 radical (unpaired) electrons. The molecule has 0 aliphatic rings. The molecule has 1 heterocycles. The van der Waals surface area contributed by atoms with Crippen LogP contribution in [0.2, 0.25) is 10.2 Å². The number of hydrogen-bond donors (Lipinski definition) is 0. The van der Waals surface area contributed by atoms with E-state index >= 15 is 0 Å². The Morgan fingerprint density at radius 1 is 1.47 bits per heavy atom. The topological polar surface area (TPSA) is 16.1 Å². The monoisotopic (exact) mass is 264 g/mol. The van der Waals surface area contributed by atoms with Crippen molar-refractivity contribution in [2.75, 3.05) is 25.6 Å². The Bertz CT molecular complexity index is 320. The molecule has 0 bridgehead atoms. The molecule has 0 saturated heterocycles. The lowest BCUT2D eigenvalue weighted by atomic mass is 10.2. The average molecular weight is 265 g/mol. The van der Waals surface area contributed by atoms with E-state index in [9.17, 15) is 0 Å². The summed E-state index contributed by atoms with van der Waals surface area (Å²) in [7, 11) is 2.07. The van der Waals surface area contributed by atoms with Crippen LogP contribution in [0.4, 0.5) is 0 Å². The third-order valence-corrected chi connectivity index (χ3v) is 3.16. The molecule has 0 spiro atoms. The Morgan fingerprint density at radius 3 is 2.80 bits per heavy atom. The molecule has 0 N–H and O–H groups in total. The van der Waals surface area contributed by atoms with E-state index in [2.05, 4.69) is 23.2 Å². The molecule has 15 heavy (non-hydrogen) atoms. The molecule has 5 heteroatoms. The molecule has 1 aromatic heterocycles. The van der Waals surface area contributed by atoms with Gasteiger partial charge in [-0.3, -0.25) is 0 Å². The molecular formula is C10H14Cl2N2S. The number of aromatic nitrogens is 1. The van der Waals surface area contributed by atoms with E-state index in [4.69, 9.17) is 23.2 Å². The highest BCUT2D eigenvalue weighted by molar-refractivity contribution is 7.98. The Kier molecular flexibility index (Phi) is 5.75. The summed E-state index contributed by atoms with van der Waals surface area (Å²) in [4.78, 5) is 6.24. The largest absolute Gasteiger partial charge is 0.301 e. The van der Waals surface area contributed by atoms with Crippen LogP contribution < -0.4 is 0 Å². The van der Waals surface area contributed by atoms with E-state index in [0.717, 1.165) is 24.4 Å². The zero-order valence-corrected chi connectivity index (χ0v) is 11.2. The minimum absolute atomic E-state index is 0.440. The second-order valence-electron chi connectivity index (χ2n) is 3.33. The van der Waals surface area contributed by atoms with Crippen LogP contribution in [0.25, 0.3) is 0 Å². The van der Waals surface area contributed by atoms with Crippen LogP contribution in [0.3, 0.4) is 0 Å². The lowest BCUT2D eigenvalue weighted by molar-refractivity contribution is 0.348. The van der Waals surface area contributed by atoms with E-state index in [1.165, 1.54) is 0 Å². The summed E-state index contributed by atoms with van der Waals surface area (Å²) in [5.74, 6) is 1.12. The van der Waals surface area contributed by atoms with E-state index < -0.39 is 0 Å². The molecule has 0 aromatic carbocycles. The van der Waals surface area contributed by atoms with Crippen molar-refractivity contribution in [3.05, 3.63) is 28.0 Å². The number of hydrogen-bond acceptors (Lipinski definition) is 3. The smallest absolute Gasteiger partial charge is 0.130 e. The Balaban J connectivity index is 2.56.